The summed E-state index contributed by atoms with van der Waals surface area (Å²) in [7, 11) is 0. The van der Waals surface area contributed by atoms with Gasteiger partial charge in [0.25, 0.3) is 5.89 Å². The van der Waals surface area contributed by atoms with Crippen LogP contribution in [0.4, 0.5) is 0 Å². The van der Waals surface area contributed by atoms with Crippen LogP contribution in [0, 0.1) is 0 Å². The number of rotatable bonds is 4. The number of aliphatic hydroxyl groups excluding tert-OH is 1. The molecule has 3 rings (SSSR count). The van der Waals surface area contributed by atoms with Gasteiger partial charge < -0.3 is 15.4 Å². The minimum atomic E-state index is -0.755. The summed E-state index contributed by atoms with van der Waals surface area (Å²) in [4.78, 5) is 4.31. The van der Waals surface area contributed by atoms with E-state index < -0.39 is 6.10 Å². The maximum atomic E-state index is 9.77. The maximum Gasteiger partial charge on any atom is 0.255 e. The van der Waals surface area contributed by atoms with Crippen LogP contribution < -0.4 is 5.73 Å². The Morgan fingerprint density at radius 2 is 2.00 bits per heavy atom. The third kappa shape index (κ3) is 2.39. The zero-order valence-corrected chi connectivity index (χ0v) is 10.6. The van der Waals surface area contributed by atoms with Crippen LogP contribution in [0.25, 0.3) is 0 Å². The molecular weight excluding hydrogens is 242 g/mol. The highest BCUT2D eigenvalue weighted by Gasteiger charge is 2.27. The summed E-state index contributed by atoms with van der Waals surface area (Å²) < 4.78 is 5.12. The van der Waals surface area contributed by atoms with Gasteiger partial charge in [0.05, 0.1) is 0 Å². The Hall–Kier alpha value is -1.72. The highest BCUT2D eigenvalue weighted by molar-refractivity contribution is 5.34. The van der Waals surface area contributed by atoms with Crippen LogP contribution in [0.1, 0.15) is 41.3 Å². The first-order valence-corrected chi connectivity index (χ1v) is 6.56. The standard InChI is InChI=1S/C14H17N3O2/c15-6-5-12(18)14-16-13(17-19-14)11-7-9-3-1-2-4-10(9)8-11/h1-4,11-12,18H,5-8,15H2. The number of benzene rings is 1. The van der Waals surface area contributed by atoms with Crippen LogP contribution in [0.15, 0.2) is 28.8 Å². The average molecular weight is 259 g/mol. The van der Waals surface area contributed by atoms with Crippen molar-refractivity contribution >= 4 is 0 Å². The molecule has 1 heterocycles. The zero-order chi connectivity index (χ0) is 13.2. The second-order valence-corrected chi connectivity index (χ2v) is 4.96. The second-order valence-electron chi connectivity index (χ2n) is 4.96. The molecule has 0 fully saturated rings. The van der Waals surface area contributed by atoms with E-state index in [0.29, 0.717) is 18.8 Å². The fourth-order valence-electron chi connectivity index (χ4n) is 2.57. The molecule has 1 unspecified atom stereocenters. The van der Waals surface area contributed by atoms with Gasteiger partial charge in [0, 0.05) is 5.92 Å². The van der Waals surface area contributed by atoms with Crippen molar-refractivity contribution in [1.29, 1.82) is 0 Å². The smallest absolute Gasteiger partial charge is 0.255 e. The summed E-state index contributed by atoms with van der Waals surface area (Å²) in [5.74, 6) is 1.21. The van der Waals surface area contributed by atoms with Crippen LogP contribution in [-0.2, 0) is 12.8 Å². The molecule has 2 aromatic rings. The van der Waals surface area contributed by atoms with Crippen molar-refractivity contribution in [1.82, 2.24) is 10.1 Å². The Balaban J connectivity index is 1.75. The monoisotopic (exact) mass is 259 g/mol. The molecule has 0 saturated heterocycles. The van der Waals surface area contributed by atoms with Gasteiger partial charge in [-0.1, -0.05) is 29.4 Å². The Labute approximate surface area is 111 Å². The molecule has 100 valence electrons. The van der Waals surface area contributed by atoms with Gasteiger partial charge in [-0.2, -0.15) is 4.98 Å². The van der Waals surface area contributed by atoms with E-state index >= 15 is 0 Å². The molecular formula is C14H17N3O2. The minimum Gasteiger partial charge on any atom is -0.383 e. The van der Waals surface area contributed by atoms with Gasteiger partial charge in [0.15, 0.2) is 5.82 Å². The fourth-order valence-corrected chi connectivity index (χ4v) is 2.57. The summed E-state index contributed by atoms with van der Waals surface area (Å²) in [6, 6.07) is 8.38. The molecule has 0 bridgehead atoms. The van der Waals surface area contributed by atoms with Gasteiger partial charge in [-0.05, 0) is 36.9 Å². The summed E-state index contributed by atoms with van der Waals surface area (Å²) in [6.07, 6.45) is 1.55. The molecule has 1 atom stereocenters. The van der Waals surface area contributed by atoms with E-state index in [0.717, 1.165) is 12.8 Å². The summed E-state index contributed by atoms with van der Waals surface area (Å²) in [6.45, 7) is 0.397. The number of nitrogens with zero attached hydrogens (tertiary/aromatic N) is 2. The highest BCUT2D eigenvalue weighted by Crippen LogP contribution is 2.32. The van der Waals surface area contributed by atoms with Gasteiger partial charge in [0.2, 0.25) is 0 Å². The van der Waals surface area contributed by atoms with Crippen molar-refractivity contribution in [3.63, 3.8) is 0 Å². The maximum absolute atomic E-state index is 9.77. The average Bonchev–Trinajstić information content (AvgIpc) is 3.05. The van der Waals surface area contributed by atoms with E-state index in [9.17, 15) is 5.11 Å². The predicted octanol–water partition coefficient (Wildman–Crippen LogP) is 1.33. The van der Waals surface area contributed by atoms with E-state index in [4.69, 9.17) is 10.3 Å². The lowest BCUT2D eigenvalue weighted by molar-refractivity contribution is 0.127. The van der Waals surface area contributed by atoms with Gasteiger partial charge >= 0.3 is 0 Å². The molecule has 1 aromatic carbocycles. The lowest BCUT2D eigenvalue weighted by Gasteiger charge is -2.02. The Morgan fingerprint density at radius 1 is 1.32 bits per heavy atom. The van der Waals surface area contributed by atoms with Gasteiger partial charge in [-0.3, -0.25) is 0 Å². The topological polar surface area (TPSA) is 85.2 Å². The van der Waals surface area contributed by atoms with Gasteiger partial charge in [-0.25, -0.2) is 0 Å². The molecule has 0 aliphatic heterocycles. The molecule has 3 N–H and O–H groups in total. The molecule has 1 aromatic heterocycles. The predicted molar refractivity (Wildman–Crippen MR) is 69.5 cm³/mol. The van der Waals surface area contributed by atoms with E-state index in [1.54, 1.807) is 0 Å². The molecule has 1 aliphatic carbocycles. The quantitative estimate of drug-likeness (QED) is 0.865. The third-order valence-electron chi connectivity index (χ3n) is 3.60. The lowest BCUT2D eigenvalue weighted by atomic mass is 10.1. The van der Waals surface area contributed by atoms with Crippen LogP contribution in [0.3, 0.4) is 0 Å². The Kier molecular flexibility index (Phi) is 3.31. The summed E-state index contributed by atoms with van der Waals surface area (Å²) in [5.41, 5.74) is 8.10. The van der Waals surface area contributed by atoms with Crippen molar-refractivity contribution in [3.05, 3.63) is 47.1 Å². The van der Waals surface area contributed by atoms with Gasteiger partial charge in [-0.15, -0.1) is 0 Å². The summed E-state index contributed by atoms with van der Waals surface area (Å²) in [5, 5.41) is 13.8. The van der Waals surface area contributed by atoms with E-state index in [1.165, 1.54) is 11.1 Å². The molecule has 19 heavy (non-hydrogen) atoms. The van der Waals surface area contributed by atoms with Crippen molar-refractivity contribution in [3.8, 4) is 0 Å². The zero-order valence-electron chi connectivity index (χ0n) is 10.6. The minimum absolute atomic E-state index is 0.250. The normalized spacial score (nSPS) is 16.5. The number of aliphatic hydroxyl groups is 1. The number of nitrogens with two attached hydrogens (primary N) is 1. The number of fused-ring (bicyclic) bond motifs is 1. The van der Waals surface area contributed by atoms with Crippen molar-refractivity contribution < 1.29 is 9.63 Å². The van der Waals surface area contributed by atoms with Crippen LogP contribution >= 0.6 is 0 Å². The lowest BCUT2D eigenvalue weighted by Crippen LogP contribution is -2.07. The van der Waals surface area contributed by atoms with Crippen LogP contribution in [0.5, 0.6) is 0 Å². The molecule has 0 saturated carbocycles. The van der Waals surface area contributed by atoms with E-state index in [2.05, 4.69) is 22.3 Å². The van der Waals surface area contributed by atoms with E-state index in [1.807, 2.05) is 12.1 Å². The number of hydrogen-bond acceptors (Lipinski definition) is 5. The molecule has 0 amide bonds. The van der Waals surface area contributed by atoms with Crippen molar-refractivity contribution in [2.24, 2.45) is 5.73 Å². The molecule has 5 heteroatoms. The number of aromatic nitrogens is 2. The third-order valence-corrected chi connectivity index (χ3v) is 3.60. The van der Waals surface area contributed by atoms with Crippen molar-refractivity contribution in [2.75, 3.05) is 6.54 Å². The molecule has 0 radical (unpaired) electrons. The second kappa shape index (κ2) is 5.11. The van der Waals surface area contributed by atoms with E-state index in [-0.39, 0.29) is 11.8 Å². The molecule has 1 aliphatic rings. The Bertz CT molecular complexity index is 542. The fraction of sp³-hybridized carbons (Fsp3) is 0.429. The number of hydrogen-bond donors (Lipinski definition) is 2. The highest BCUT2D eigenvalue weighted by atomic mass is 16.5. The first-order valence-electron chi connectivity index (χ1n) is 6.56. The van der Waals surface area contributed by atoms with Crippen molar-refractivity contribution in [2.45, 2.75) is 31.3 Å². The SMILES string of the molecule is NCCC(O)c1nc(C2Cc3ccccc3C2)no1. The first-order chi connectivity index (χ1) is 9.28. The Morgan fingerprint density at radius 3 is 2.63 bits per heavy atom. The van der Waals surface area contributed by atoms with Gasteiger partial charge in [0.1, 0.15) is 6.10 Å². The largest absolute Gasteiger partial charge is 0.383 e. The van der Waals surface area contributed by atoms with Crippen LogP contribution in [0.2, 0.25) is 0 Å². The molecule has 0 spiro atoms. The molecule has 5 nitrogen and oxygen atoms in total. The van der Waals surface area contributed by atoms with Crippen LogP contribution in [-0.4, -0.2) is 21.8 Å². The summed E-state index contributed by atoms with van der Waals surface area (Å²) >= 11 is 0. The first kappa shape index (κ1) is 12.3.